The Morgan fingerprint density at radius 1 is 1.28 bits per heavy atom. The van der Waals surface area contributed by atoms with Gasteiger partial charge in [0.15, 0.2) is 0 Å². The first-order chi connectivity index (χ1) is 8.60. The van der Waals surface area contributed by atoms with Crippen molar-refractivity contribution < 1.29 is 4.74 Å². The molecule has 0 bridgehead atoms. The predicted molar refractivity (Wildman–Crippen MR) is 74.8 cm³/mol. The normalized spacial score (nSPS) is 18.7. The summed E-state index contributed by atoms with van der Waals surface area (Å²) in [6, 6.07) is 9.98. The van der Waals surface area contributed by atoms with Crippen LogP contribution in [0.3, 0.4) is 0 Å². The van der Waals surface area contributed by atoms with Crippen LogP contribution in [-0.2, 0) is 0 Å². The summed E-state index contributed by atoms with van der Waals surface area (Å²) in [6.45, 7) is 8.32. The lowest BCUT2D eigenvalue weighted by Gasteiger charge is -2.50. The molecule has 2 N–H and O–H groups in total. The summed E-state index contributed by atoms with van der Waals surface area (Å²) in [4.78, 5) is 2.41. The van der Waals surface area contributed by atoms with E-state index in [0.717, 1.165) is 38.4 Å². The number of ether oxygens (including phenoxy) is 1. The summed E-state index contributed by atoms with van der Waals surface area (Å²) in [6.07, 6.45) is 1.06. The second-order valence-corrected chi connectivity index (χ2v) is 5.61. The molecular weight excluding hydrogens is 224 g/mol. The second-order valence-electron chi connectivity index (χ2n) is 5.61. The minimum atomic E-state index is 0.0420. The van der Waals surface area contributed by atoms with Gasteiger partial charge in [-0.25, -0.2) is 0 Å². The van der Waals surface area contributed by atoms with Gasteiger partial charge in [-0.05, 0) is 24.5 Å². The Morgan fingerprint density at radius 3 is 2.56 bits per heavy atom. The molecule has 1 aromatic rings. The molecule has 1 saturated heterocycles. The minimum absolute atomic E-state index is 0.0420. The van der Waals surface area contributed by atoms with Gasteiger partial charge in [-0.3, -0.25) is 4.90 Å². The maximum absolute atomic E-state index is 6.26. The molecule has 0 aliphatic carbocycles. The first-order valence-electron chi connectivity index (χ1n) is 6.79. The van der Waals surface area contributed by atoms with Gasteiger partial charge in [-0.1, -0.05) is 32.0 Å². The highest BCUT2D eigenvalue weighted by atomic mass is 16.5. The number of hydrogen-bond acceptors (Lipinski definition) is 3. The Bertz CT molecular complexity index is 358. The van der Waals surface area contributed by atoms with Crippen molar-refractivity contribution in [1.82, 2.24) is 4.90 Å². The van der Waals surface area contributed by atoms with Gasteiger partial charge in [0.25, 0.3) is 0 Å². The minimum Gasteiger partial charge on any atom is -0.494 e. The van der Waals surface area contributed by atoms with Crippen LogP contribution in [0.1, 0.15) is 20.3 Å². The molecule has 18 heavy (non-hydrogen) atoms. The fourth-order valence-electron chi connectivity index (χ4n) is 2.30. The van der Waals surface area contributed by atoms with Crippen molar-refractivity contribution in [3.8, 4) is 5.75 Å². The zero-order valence-electron chi connectivity index (χ0n) is 11.4. The van der Waals surface area contributed by atoms with Gasteiger partial charge in [-0.15, -0.1) is 0 Å². The molecule has 3 nitrogen and oxygen atoms in total. The summed E-state index contributed by atoms with van der Waals surface area (Å²) in [5, 5.41) is 0. The molecule has 0 spiro atoms. The van der Waals surface area contributed by atoms with Crippen molar-refractivity contribution in [3.63, 3.8) is 0 Å². The van der Waals surface area contributed by atoms with Crippen LogP contribution in [0.5, 0.6) is 5.75 Å². The fourth-order valence-corrected chi connectivity index (χ4v) is 2.30. The number of benzene rings is 1. The zero-order chi connectivity index (χ0) is 13.0. The molecule has 2 rings (SSSR count). The predicted octanol–water partition coefficient (Wildman–Crippen LogP) is 2.12. The highest BCUT2D eigenvalue weighted by molar-refractivity contribution is 5.20. The summed E-state index contributed by atoms with van der Waals surface area (Å²) in [5.74, 6) is 1.52. The Labute approximate surface area is 110 Å². The molecule has 0 atom stereocenters. The SMILES string of the molecule is CC(C)C1(N)CN(CCCOc2ccccc2)C1. The molecule has 0 amide bonds. The molecular formula is C15H24N2O. The molecule has 0 saturated carbocycles. The maximum atomic E-state index is 6.26. The van der Waals surface area contributed by atoms with E-state index in [4.69, 9.17) is 10.5 Å². The highest BCUT2D eigenvalue weighted by Gasteiger charge is 2.41. The van der Waals surface area contributed by atoms with E-state index in [1.165, 1.54) is 0 Å². The summed E-state index contributed by atoms with van der Waals surface area (Å²) in [5.41, 5.74) is 6.30. The van der Waals surface area contributed by atoms with Crippen LogP contribution in [0.15, 0.2) is 30.3 Å². The average Bonchev–Trinajstić information content (AvgIpc) is 2.33. The monoisotopic (exact) mass is 248 g/mol. The van der Waals surface area contributed by atoms with Crippen LogP contribution in [-0.4, -0.2) is 36.7 Å². The van der Waals surface area contributed by atoms with Gasteiger partial charge < -0.3 is 10.5 Å². The lowest BCUT2D eigenvalue weighted by Crippen LogP contribution is -2.69. The van der Waals surface area contributed by atoms with Crippen LogP contribution in [0.25, 0.3) is 0 Å². The molecule has 3 heteroatoms. The number of rotatable bonds is 6. The third-order valence-corrected chi connectivity index (χ3v) is 3.82. The third kappa shape index (κ3) is 3.24. The quantitative estimate of drug-likeness (QED) is 0.784. The van der Waals surface area contributed by atoms with E-state index in [-0.39, 0.29) is 5.54 Å². The van der Waals surface area contributed by atoms with Crippen LogP contribution in [0.4, 0.5) is 0 Å². The molecule has 1 heterocycles. The van der Waals surface area contributed by atoms with E-state index in [2.05, 4.69) is 18.7 Å². The van der Waals surface area contributed by atoms with Gasteiger partial charge in [0.2, 0.25) is 0 Å². The van der Waals surface area contributed by atoms with Gasteiger partial charge in [0.1, 0.15) is 5.75 Å². The molecule has 100 valence electrons. The van der Waals surface area contributed by atoms with Crippen LogP contribution >= 0.6 is 0 Å². The summed E-state index contributed by atoms with van der Waals surface area (Å²) < 4.78 is 5.67. The fraction of sp³-hybridized carbons (Fsp3) is 0.600. The third-order valence-electron chi connectivity index (χ3n) is 3.82. The van der Waals surface area contributed by atoms with Gasteiger partial charge in [-0.2, -0.15) is 0 Å². The molecule has 1 aliphatic rings. The van der Waals surface area contributed by atoms with Crippen molar-refractivity contribution in [2.75, 3.05) is 26.2 Å². The number of para-hydroxylation sites is 1. The topological polar surface area (TPSA) is 38.5 Å². The standard InChI is InChI=1S/C15H24N2O/c1-13(2)15(16)11-17(12-15)9-6-10-18-14-7-4-3-5-8-14/h3-5,7-8,13H,6,9-12,16H2,1-2H3. The van der Waals surface area contributed by atoms with Crippen molar-refractivity contribution in [2.45, 2.75) is 25.8 Å². The number of nitrogens with zero attached hydrogens (tertiary/aromatic N) is 1. The summed E-state index contributed by atoms with van der Waals surface area (Å²) >= 11 is 0. The molecule has 0 radical (unpaired) electrons. The lowest BCUT2D eigenvalue weighted by atomic mass is 9.80. The number of hydrogen-bond donors (Lipinski definition) is 1. The number of likely N-dealkylation sites (tertiary alicyclic amines) is 1. The highest BCUT2D eigenvalue weighted by Crippen LogP contribution is 2.25. The molecule has 1 fully saturated rings. The van der Waals surface area contributed by atoms with Crippen molar-refractivity contribution in [1.29, 1.82) is 0 Å². The smallest absolute Gasteiger partial charge is 0.119 e. The first kappa shape index (κ1) is 13.4. The van der Waals surface area contributed by atoms with Gasteiger partial charge >= 0.3 is 0 Å². The first-order valence-corrected chi connectivity index (χ1v) is 6.79. The van der Waals surface area contributed by atoms with Gasteiger partial charge in [0.05, 0.1) is 6.61 Å². The number of nitrogens with two attached hydrogens (primary N) is 1. The maximum Gasteiger partial charge on any atom is 0.119 e. The molecule has 1 aromatic carbocycles. The van der Waals surface area contributed by atoms with Gasteiger partial charge in [0, 0.05) is 25.2 Å². The van der Waals surface area contributed by atoms with E-state index >= 15 is 0 Å². The Morgan fingerprint density at radius 2 is 1.94 bits per heavy atom. The van der Waals surface area contributed by atoms with Crippen molar-refractivity contribution in [2.24, 2.45) is 11.7 Å². The van der Waals surface area contributed by atoms with E-state index in [1.54, 1.807) is 0 Å². The molecule has 1 aliphatic heterocycles. The Kier molecular flexibility index (Phi) is 4.25. The molecule has 0 aromatic heterocycles. The molecule has 0 unspecified atom stereocenters. The van der Waals surface area contributed by atoms with E-state index in [0.29, 0.717) is 5.92 Å². The zero-order valence-corrected chi connectivity index (χ0v) is 11.4. The Hall–Kier alpha value is -1.06. The van der Waals surface area contributed by atoms with E-state index in [1.807, 2.05) is 30.3 Å². The van der Waals surface area contributed by atoms with Crippen LogP contribution in [0.2, 0.25) is 0 Å². The van der Waals surface area contributed by atoms with Crippen molar-refractivity contribution >= 4 is 0 Å². The van der Waals surface area contributed by atoms with E-state index in [9.17, 15) is 0 Å². The second kappa shape index (κ2) is 5.72. The van der Waals surface area contributed by atoms with Crippen LogP contribution < -0.4 is 10.5 Å². The Balaban J connectivity index is 1.58. The van der Waals surface area contributed by atoms with Crippen molar-refractivity contribution in [3.05, 3.63) is 30.3 Å². The average molecular weight is 248 g/mol. The largest absolute Gasteiger partial charge is 0.494 e. The lowest BCUT2D eigenvalue weighted by molar-refractivity contribution is 0.0343. The summed E-state index contributed by atoms with van der Waals surface area (Å²) in [7, 11) is 0. The van der Waals surface area contributed by atoms with E-state index < -0.39 is 0 Å². The van der Waals surface area contributed by atoms with Crippen LogP contribution in [0, 0.1) is 5.92 Å².